The van der Waals surface area contributed by atoms with Gasteiger partial charge in [0.15, 0.2) is 11.5 Å². The zero-order chi connectivity index (χ0) is 24.9. The van der Waals surface area contributed by atoms with Crippen LogP contribution in [0.5, 0.6) is 11.5 Å². The number of amides is 1. The fraction of sp³-hybridized carbons (Fsp3) is 0.148. The molecule has 1 saturated heterocycles. The second-order valence-electron chi connectivity index (χ2n) is 7.85. The first-order chi connectivity index (χ1) is 16.9. The molecule has 176 valence electrons. The first-order valence-electron chi connectivity index (χ1n) is 10.7. The Hall–Kier alpha value is -2.87. The number of halogens is 1. The van der Waals surface area contributed by atoms with E-state index in [1.807, 2.05) is 67.6 Å². The number of carbonyl (C=O) groups is 1. The number of thioether (sulfide) groups is 1. The lowest BCUT2D eigenvalue weighted by Crippen LogP contribution is -2.27. The summed E-state index contributed by atoms with van der Waals surface area (Å²) in [6.07, 6.45) is 1.83. The van der Waals surface area contributed by atoms with Gasteiger partial charge in [0, 0.05) is 5.56 Å². The highest BCUT2D eigenvalue weighted by Gasteiger charge is 2.32. The van der Waals surface area contributed by atoms with Crippen LogP contribution >= 0.6 is 46.6 Å². The van der Waals surface area contributed by atoms with Gasteiger partial charge in [0.2, 0.25) is 0 Å². The Balaban J connectivity index is 1.54. The third-order valence-electron chi connectivity index (χ3n) is 5.39. The summed E-state index contributed by atoms with van der Waals surface area (Å²) < 4.78 is 13.0. The van der Waals surface area contributed by atoms with Crippen molar-refractivity contribution >= 4 is 62.9 Å². The molecule has 8 heteroatoms. The van der Waals surface area contributed by atoms with Crippen LogP contribution in [0.1, 0.15) is 27.8 Å². The van der Waals surface area contributed by atoms with Crippen LogP contribution in [0.2, 0.25) is 0 Å². The van der Waals surface area contributed by atoms with E-state index in [1.54, 1.807) is 18.1 Å². The lowest BCUT2D eigenvalue weighted by atomic mass is 10.1. The molecule has 5 nitrogen and oxygen atoms in total. The second kappa shape index (κ2) is 11.2. The van der Waals surface area contributed by atoms with Crippen molar-refractivity contribution in [2.75, 3.05) is 7.11 Å². The number of hydrogen-bond donors (Lipinski definition) is 0. The van der Waals surface area contributed by atoms with Crippen LogP contribution < -0.4 is 9.47 Å². The smallest absolute Gasteiger partial charge is 0.266 e. The van der Waals surface area contributed by atoms with E-state index in [-0.39, 0.29) is 12.5 Å². The molecule has 0 saturated carbocycles. The summed E-state index contributed by atoms with van der Waals surface area (Å²) in [7, 11) is 1.58. The molecule has 35 heavy (non-hydrogen) atoms. The molecular formula is C27H21IN2O3S2. The topological polar surface area (TPSA) is 62.6 Å². The lowest BCUT2D eigenvalue weighted by Gasteiger charge is -2.15. The predicted octanol–water partition coefficient (Wildman–Crippen LogP) is 6.46. The number of benzene rings is 3. The zero-order valence-electron chi connectivity index (χ0n) is 19.1. The maximum atomic E-state index is 13.1. The van der Waals surface area contributed by atoms with Crippen molar-refractivity contribution in [3.05, 3.63) is 97.0 Å². The Morgan fingerprint density at radius 3 is 2.63 bits per heavy atom. The van der Waals surface area contributed by atoms with Crippen molar-refractivity contribution in [3.8, 4) is 17.6 Å². The number of carbonyl (C=O) groups excluding carboxylic acids is 1. The number of aryl methyl sites for hydroxylation is 1. The van der Waals surface area contributed by atoms with Crippen molar-refractivity contribution in [1.82, 2.24) is 4.90 Å². The van der Waals surface area contributed by atoms with Crippen molar-refractivity contribution in [2.45, 2.75) is 20.1 Å². The predicted molar refractivity (Wildman–Crippen MR) is 151 cm³/mol. The molecule has 0 N–H and O–H groups in total. The quantitative estimate of drug-likeness (QED) is 0.174. The summed E-state index contributed by atoms with van der Waals surface area (Å²) in [4.78, 5) is 15.3. The van der Waals surface area contributed by atoms with Gasteiger partial charge in [-0.2, -0.15) is 5.26 Å². The SMILES string of the molecule is COc1cc(/C=C2\SC(=S)N(Cc3ccc(C)cc3)C2=O)cc(I)c1OCc1ccccc1C#N. The molecule has 0 radical (unpaired) electrons. The normalized spacial score (nSPS) is 14.3. The number of nitriles is 1. The first-order valence-corrected chi connectivity index (χ1v) is 13.0. The van der Waals surface area contributed by atoms with Gasteiger partial charge in [0.25, 0.3) is 5.91 Å². The van der Waals surface area contributed by atoms with E-state index in [9.17, 15) is 10.1 Å². The molecule has 3 aromatic rings. The molecule has 0 atom stereocenters. The molecular weight excluding hydrogens is 591 g/mol. The molecule has 1 amide bonds. The highest BCUT2D eigenvalue weighted by Crippen LogP contribution is 2.38. The summed E-state index contributed by atoms with van der Waals surface area (Å²) in [6.45, 7) is 2.72. The van der Waals surface area contributed by atoms with E-state index in [0.29, 0.717) is 32.8 Å². The number of thiocarbonyl (C=S) groups is 1. The zero-order valence-corrected chi connectivity index (χ0v) is 22.9. The van der Waals surface area contributed by atoms with Crippen LogP contribution in [0.15, 0.2) is 65.6 Å². The largest absolute Gasteiger partial charge is 0.493 e. The lowest BCUT2D eigenvalue weighted by molar-refractivity contribution is -0.122. The average Bonchev–Trinajstić information content (AvgIpc) is 3.11. The van der Waals surface area contributed by atoms with Gasteiger partial charge in [0.05, 0.1) is 33.8 Å². The van der Waals surface area contributed by atoms with Gasteiger partial charge in [-0.25, -0.2) is 0 Å². The van der Waals surface area contributed by atoms with Gasteiger partial charge in [-0.1, -0.05) is 72.0 Å². The summed E-state index contributed by atoms with van der Waals surface area (Å²) in [5.41, 5.74) is 4.39. The van der Waals surface area contributed by atoms with Crippen LogP contribution in [0.25, 0.3) is 6.08 Å². The van der Waals surface area contributed by atoms with E-state index >= 15 is 0 Å². The molecule has 3 aromatic carbocycles. The van der Waals surface area contributed by atoms with Crippen LogP contribution in [0, 0.1) is 21.8 Å². The molecule has 0 unspecified atom stereocenters. The number of hydrogen-bond acceptors (Lipinski definition) is 6. The summed E-state index contributed by atoms with van der Waals surface area (Å²) in [5.74, 6) is 1.03. The maximum absolute atomic E-state index is 13.1. The highest BCUT2D eigenvalue weighted by molar-refractivity contribution is 14.1. The third kappa shape index (κ3) is 5.86. The summed E-state index contributed by atoms with van der Waals surface area (Å²) >= 11 is 8.97. The molecule has 0 aliphatic carbocycles. The molecule has 4 rings (SSSR count). The van der Waals surface area contributed by atoms with E-state index in [4.69, 9.17) is 21.7 Å². The van der Waals surface area contributed by atoms with Gasteiger partial charge in [-0.15, -0.1) is 0 Å². The van der Waals surface area contributed by atoms with Gasteiger partial charge >= 0.3 is 0 Å². The van der Waals surface area contributed by atoms with Gasteiger partial charge in [0.1, 0.15) is 10.9 Å². The standard InChI is InChI=1S/C27H21IN2O3S2/c1-17-7-9-18(10-8-17)15-30-26(31)24(35-27(30)34)13-19-11-22(28)25(23(12-19)32-2)33-16-21-6-4-3-5-20(21)14-29/h3-13H,15-16H2,1-2H3/b24-13-. The average molecular weight is 613 g/mol. The first kappa shape index (κ1) is 25.2. The Morgan fingerprint density at radius 2 is 1.91 bits per heavy atom. The molecule has 1 fully saturated rings. The van der Waals surface area contributed by atoms with Gasteiger partial charge in [-0.05, 0) is 64.9 Å². The van der Waals surface area contributed by atoms with E-state index in [2.05, 4.69) is 28.7 Å². The van der Waals surface area contributed by atoms with Gasteiger partial charge < -0.3 is 9.47 Å². The van der Waals surface area contributed by atoms with Crippen molar-refractivity contribution < 1.29 is 14.3 Å². The fourth-order valence-electron chi connectivity index (χ4n) is 3.53. The monoisotopic (exact) mass is 612 g/mol. The minimum atomic E-state index is -0.108. The van der Waals surface area contributed by atoms with Crippen LogP contribution in [-0.2, 0) is 17.9 Å². The molecule has 1 heterocycles. The molecule has 0 aromatic heterocycles. The van der Waals surface area contributed by atoms with Crippen LogP contribution in [-0.4, -0.2) is 22.2 Å². The highest BCUT2D eigenvalue weighted by atomic mass is 127. The number of methoxy groups -OCH3 is 1. The van der Waals surface area contributed by atoms with Crippen LogP contribution in [0.4, 0.5) is 0 Å². The Kier molecular flexibility index (Phi) is 8.11. The van der Waals surface area contributed by atoms with E-state index < -0.39 is 0 Å². The summed E-state index contributed by atoms with van der Waals surface area (Å²) in [6, 6.07) is 21.4. The molecule has 1 aliphatic heterocycles. The maximum Gasteiger partial charge on any atom is 0.266 e. The minimum absolute atomic E-state index is 0.108. The molecule has 0 bridgehead atoms. The van der Waals surface area contributed by atoms with Gasteiger partial charge in [-0.3, -0.25) is 9.69 Å². The van der Waals surface area contributed by atoms with Crippen molar-refractivity contribution in [2.24, 2.45) is 0 Å². The Bertz CT molecular complexity index is 1360. The number of ether oxygens (including phenoxy) is 2. The minimum Gasteiger partial charge on any atom is -0.493 e. The molecule has 0 spiro atoms. The second-order valence-corrected chi connectivity index (χ2v) is 10.7. The summed E-state index contributed by atoms with van der Waals surface area (Å²) in [5, 5.41) is 9.32. The van der Waals surface area contributed by atoms with Crippen molar-refractivity contribution in [1.29, 1.82) is 5.26 Å². The van der Waals surface area contributed by atoms with E-state index in [1.165, 1.54) is 17.3 Å². The number of nitrogens with zero attached hydrogens (tertiary/aromatic N) is 2. The Morgan fingerprint density at radius 1 is 1.17 bits per heavy atom. The van der Waals surface area contributed by atoms with Crippen molar-refractivity contribution in [3.63, 3.8) is 0 Å². The van der Waals surface area contributed by atoms with E-state index in [0.717, 1.165) is 20.3 Å². The Labute approximate surface area is 227 Å². The third-order valence-corrected chi connectivity index (χ3v) is 7.57. The fourth-order valence-corrected chi connectivity index (χ4v) is 5.57. The molecule has 1 aliphatic rings. The number of rotatable bonds is 7. The van der Waals surface area contributed by atoms with Crippen LogP contribution in [0.3, 0.4) is 0 Å².